The first-order chi connectivity index (χ1) is 9.89. The van der Waals surface area contributed by atoms with Crippen molar-refractivity contribution in [3.63, 3.8) is 0 Å². The summed E-state index contributed by atoms with van der Waals surface area (Å²) in [5.41, 5.74) is 0.0331. The fourth-order valence-electron chi connectivity index (χ4n) is 3.17. The van der Waals surface area contributed by atoms with Gasteiger partial charge < -0.3 is 5.11 Å². The Morgan fingerprint density at radius 1 is 1.43 bits per heavy atom. The second kappa shape index (κ2) is 5.35. The molecule has 2 unspecified atom stereocenters. The molecule has 0 amide bonds. The molecule has 0 radical (unpaired) electrons. The van der Waals surface area contributed by atoms with E-state index in [4.69, 9.17) is 5.11 Å². The van der Waals surface area contributed by atoms with E-state index >= 15 is 0 Å². The molecule has 2 aliphatic rings. The van der Waals surface area contributed by atoms with E-state index in [2.05, 4.69) is 4.90 Å². The lowest BCUT2D eigenvalue weighted by Gasteiger charge is -2.41. The van der Waals surface area contributed by atoms with Crippen molar-refractivity contribution in [3.05, 3.63) is 17.0 Å². The quantitative estimate of drug-likeness (QED) is 0.904. The Morgan fingerprint density at radius 2 is 2.19 bits per heavy atom. The van der Waals surface area contributed by atoms with Crippen LogP contribution >= 0.6 is 11.3 Å². The predicted molar refractivity (Wildman–Crippen MR) is 79.2 cm³/mol. The standard InChI is InChI=1S/C13H18N2O4S2/c1-9-6-14-4-2-3-11(14)7-15(9)21(18,19)12-5-10(8-20-12)13(16)17/h5,8-9,11H,2-4,6-7H2,1H3,(H,16,17). The second-order valence-electron chi connectivity index (χ2n) is 5.67. The first-order valence-corrected chi connectivity index (χ1v) is 9.29. The molecule has 1 N–H and O–H groups in total. The van der Waals surface area contributed by atoms with Crippen LogP contribution in [0, 0.1) is 0 Å². The molecule has 2 atom stereocenters. The summed E-state index contributed by atoms with van der Waals surface area (Å²) in [7, 11) is -3.60. The number of aromatic carboxylic acids is 1. The third-order valence-electron chi connectivity index (χ3n) is 4.27. The Kier molecular flexibility index (Phi) is 3.81. The fraction of sp³-hybridized carbons (Fsp3) is 0.615. The first kappa shape index (κ1) is 15.0. The summed E-state index contributed by atoms with van der Waals surface area (Å²) in [4.78, 5) is 13.3. The molecule has 2 fully saturated rings. The van der Waals surface area contributed by atoms with Crippen LogP contribution in [0.5, 0.6) is 0 Å². The van der Waals surface area contributed by atoms with Crippen LogP contribution in [0.25, 0.3) is 0 Å². The summed E-state index contributed by atoms with van der Waals surface area (Å²) in [5, 5.41) is 10.3. The van der Waals surface area contributed by atoms with Gasteiger partial charge in [-0.3, -0.25) is 4.90 Å². The van der Waals surface area contributed by atoms with Crippen LogP contribution in [0.1, 0.15) is 30.1 Å². The third-order valence-corrected chi connectivity index (χ3v) is 7.66. The van der Waals surface area contributed by atoms with E-state index < -0.39 is 16.0 Å². The topological polar surface area (TPSA) is 77.9 Å². The third kappa shape index (κ3) is 2.61. The molecular formula is C13H18N2O4S2. The Bertz CT molecular complexity index is 655. The lowest BCUT2D eigenvalue weighted by molar-refractivity contribution is 0.0697. The van der Waals surface area contributed by atoms with Crippen LogP contribution in [0.3, 0.4) is 0 Å². The highest BCUT2D eigenvalue weighted by Gasteiger charge is 2.40. The first-order valence-electron chi connectivity index (χ1n) is 6.97. The Labute approximate surface area is 128 Å². The summed E-state index contributed by atoms with van der Waals surface area (Å²) in [6.07, 6.45) is 2.15. The van der Waals surface area contributed by atoms with E-state index in [0.717, 1.165) is 37.3 Å². The number of hydrogen-bond acceptors (Lipinski definition) is 5. The summed E-state index contributed by atoms with van der Waals surface area (Å²) in [6.45, 7) is 4.22. The zero-order chi connectivity index (χ0) is 15.2. The maximum Gasteiger partial charge on any atom is 0.336 e. The van der Waals surface area contributed by atoms with Crippen LogP contribution in [0.4, 0.5) is 0 Å². The van der Waals surface area contributed by atoms with Crippen LogP contribution < -0.4 is 0 Å². The lowest BCUT2D eigenvalue weighted by Crippen LogP contribution is -2.56. The molecule has 3 rings (SSSR count). The number of carbonyl (C=O) groups is 1. The van der Waals surface area contributed by atoms with Crippen LogP contribution in [0.15, 0.2) is 15.7 Å². The van der Waals surface area contributed by atoms with Crippen LogP contribution in [-0.4, -0.2) is 60.4 Å². The van der Waals surface area contributed by atoms with Crippen LogP contribution in [-0.2, 0) is 10.0 Å². The minimum Gasteiger partial charge on any atom is -0.478 e. The molecule has 1 aromatic heterocycles. The second-order valence-corrected chi connectivity index (χ2v) is 8.70. The number of piperazine rings is 1. The van der Waals surface area contributed by atoms with E-state index in [-0.39, 0.29) is 15.8 Å². The predicted octanol–water partition coefficient (Wildman–Crippen LogP) is 1.30. The van der Waals surface area contributed by atoms with Gasteiger partial charge in [0.05, 0.1) is 5.56 Å². The zero-order valence-corrected chi connectivity index (χ0v) is 13.4. The number of nitrogens with zero attached hydrogens (tertiary/aromatic N) is 2. The SMILES string of the molecule is CC1CN2CCCC2CN1S(=O)(=O)c1cc(C(=O)O)cs1. The molecule has 1 aromatic rings. The van der Waals surface area contributed by atoms with Gasteiger partial charge in [-0.1, -0.05) is 0 Å². The van der Waals surface area contributed by atoms with Gasteiger partial charge in [0, 0.05) is 30.6 Å². The van der Waals surface area contributed by atoms with E-state index in [9.17, 15) is 13.2 Å². The van der Waals surface area contributed by atoms with Crippen molar-refractivity contribution >= 4 is 27.3 Å². The zero-order valence-electron chi connectivity index (χ0n) is 11.7. The summed E-state index contributed by atoms with van der Waals surface area (Å²) < 4.78 is 27.2. The molecule has 21 heavy (non-hydrogen) atoms. The molecule has 8 heteroatoms. The van der Waals surface area contributed by atoms with Gasteiger partial charge in [-0.2, -0.15) is 4.31 Å². The van der Waals surface area contributed by atoms with Gasteiger partial charge >= 0.3 is 5.97 Å². The molecule has 0 aromatic carbocycles. The molecule has 2 saturated heterocycles. The highest BCUT2D eigenvalue weighted by Crippen LogP contribution is 2.31. The number of thiophene rings is 1. The molecule has 0 aliphatic carbocycles. The van der Waals surface area contributed by atoms with E-state index in [1.807, 2.05) is 6.92 Å². The van der Waals surface area contributed by atoms with Gasteiger partial charge in [0.15, 0.2) is 0 Å². The summed E-state index contributed by atoms with van der Waals surface area (Å²) >= 11 is 0.982. The molecule has 0 spiro atoms. The highest BCUT2D eigenvalue weighted by molar-refractivity contribution is 7.91. The lowest BCUT2D eigenvalue weighted by atomic mass is 10.1. The van der Waals surface area contributed by atoms with Crippen molar-refractivity contribution in [1.29, 1.82) is 0 Å². The van der Waals surface area contributed by atoms with Crippen molar-refractivity contribution in [2.75, 3.05) is 19.6 Å². The molecule has 3 heterocycles. The Hall–Kier alpha value is -0.960. The molecule has 2 aliphatic heterocycles. The van der Waals surface area contributed by atoms with Crippen molar-refractivity contribution in [1.82, 2.24) is 9.21 Å². The summed E-state index contributed by atoms with van der Waals surface area (Å²) in [6, 6.07) is 1.48. The van der Waals surface area contributed by atoms with E-state index in [0.29, 0.717) is 12.6 Å². The minimum atomic E-state index is -3.60. The number of sulfonamides is 1. The molecular weight excluding hydrogens is 312 g/mol. The maximum atomic E-state index is 12.7. The maximum absolute atomic E-state index is 12.7. The van der Waals surface area contributed by atoms with Crippen molar-refractivity contribution in [2.24, 2.45) is 0 Å². The number of hydrogen-bond donors (Lipinski definition) is 1. The fourth-order valence-corrected chi connectivity index (χ4v) is 6.12. The van der Waals surface area contributed by atoms with E-state index in [1.165, 1.54) is 15.8 Å². The van der Waals surface area contributed by atoms with Gasteiger partial charge in [0.1, 0.15) is 4.21 Å². The van der Waals surface area contributed by atoms with Gasteiger partial charge in [-0.05, 0) is 32.4 Å². The highest BCUT2D eigenvalue weighted by atomic mass is 32.2. The normalized spacial score (nSPS) is 27.7. The van der Waals surface area contributed by atoms with Crippen molar-refractivity contribution in [2.45, 2.75) is 36.1 Å². The van der Waals surface area contributed by atoms with Crippen LogP contribution in [0.2, 0.25) is 0 Å². The molecule has 0 bridgehead atoms. The van der Waals surface area contributed by atoms with Gasteiger partial charge in [-0.15, -0.1) is 11.3 Å². The minimum absolute atomic E-state index is 0.0331. The van der Waals surface area contributed by atoms with Crippen molar-refractivity contribution < 1.29 is 18.3 Å². The number of carboxylic acid groups (broad SMARTS) is 1. The average Bonchev–Trinajstić information content (AvgIpc) is 3.06. The van der Waals surface area contributed by atoms with Gasteiger partial charge in [0.25, 0.3) is 10.0 Å². The van der Waals surface area contributed by atoms with E-state index in [1.54, 1.807) is 0 Å². The largest absolute Gasteiger partial charge is 0.478 e. The molecule has 116 valence electrons. The molecule has 6 nitrogen and oxygen atoms in total. The van der Waals surface area contributed by atoms with Crippen molar-refractivity contribution in [3.8, 4) is 0 Å². The molecule has 0 saturated carbocycles. The Morgan fingerprint density at radius 3 is 2.86 bits per heavy atom. The average molecular weight is 330 g/mol. The smallest absolute Gasteiger partial charge is 0.336 e. The number of fused-ring (bicyclic) bond motifs is 1. The monoisotopic (exact) mass is 330 g/mol. The number of rotatable bonds is 3. The van der Waals surface area contributed by atoms with Gasteiger partial charge in [0.2, 0.25) is 0 Å². The summed E-state index contributed by atoms with van der Waals surface area (Å²) in [5.74, 6) is -1.10. The number of carboxylic acids is 1. The van der Waals surface area contributed by atoms with Gasteiger partial charge in [-0.25, -0.2) is 13.2 Å². The Balaban J connectivity index is 1.88.